The van der Waals surface area contributed by atoms with Gasteiger partial charge >= 0.3 is 5.97 Å². The van der Waals surface area contributed by atoms with E-state index >= 15 is 0 Å². The van der Waals surface area contributed by atoms with Crippen LogP contribution in [0.2, 0.25) is 0 Å². The summed E-state index contributed by atoms with van der Waals surface area (Å²) in [6.07, 6.45) is 0. The molecule has 0 radical (unpaired) electrons. The summed E-state index contributed by atoms with van der Waals surface area (Å²) in [5, 5.41) is 12.2. The predicted octanol–water partition coefficient (Wildman–Crippen LogP) is 0.717. The maximum Gasteiger partial charge on any atom is 0.317 e. The van der Waals surface area contributed by atoms with Crippen LogP contribution in [0.25, 0.3) is 0 Å². The molecule has 0 bridgehead atoms. The fourth-order valence-electron chi connectivity index (χ4n) is 2.11. The Balaban J connectivity index is 2.13. The van der Waals surface area contributed by atoms with Crippen LogP contribution in [0.15, 0.2) is 30.3 Å². The van der Waals surface area contributed by atoms with Crippen molar-refractivity contribution < 1.29 is 9.90 Å². The lowest BCUT2D eigenvalue weighted by molar-refractivity contribution is -0.139. The highest BCUT2D eigenvalue weighted by atomic mass is 16.4. The third-order valence-corrected chi connectivity index (χ3v) is 2.88. The van der Waals surface area contributed by atoms with Gasteiger partial charge in [-0.15, -0.1) is 0 Å². The number of carbonyl (C=O) groups is 1. The van der Waals surface area contributed by atoms with Gasteiger partial charge in [0.25, 0.3) is 0 Å². The summed E-state index contributed by atoms with van der Waals surface area (Å²) >= 11 is 0. The van der Waals surface area contributed by atoms with Gasteiger partial charge in [0.1, 0.15) is 0 Å². The van der Waals surface area contributed by atoms with Crippen LogP contribution in [0.4, 0.5) is 0 Å². The molecule has 2 N–H and O–H groups in total. The average Bonchev–Trinajstić information content (AvgIpc) is 2.30. The van der Waals surface area contributed by atoms with Crippen molar-refractivity contribution in [3.8, 4) is 0 Å². The molecule has 1 fully saturated rings. The Labute approximate surface area is 94.9 Å². The molecule has 1 atom stereocenters. The van der Waals surface area contributed by atoms with E-state index in [9.17, 15) is 4.79 Å². The number of hydrogen-bond donors (Lipinski definition) is 2. The number of rotatable bonds is 3. The van der Waals surface area contributed by atoms with Crippen LogP contribution in [0.1, 0.15) is 11.6 Å². The van der Waals surface area contributed by atoms with Crippen molar-refractivity contribution in [3.63, 3.8) is 0 Å². The first-order valence-corrected chi connectivity index (χ1v) is 5.49. The second kappa shape index (κ2) is 5.09. The Morgan fingerprint density at radius 1 is 1.44 bits per heavy atom. The summed E-state index contributed by atoms with van der Waals surface area (Å²) in [5.41, 5.74) is 1.18. The Morgan fingerprint density at radius 3 is 2.88 bits per heavy atom. The lowest BCUT2D eigenvalue weighted by atomic mass is 10.0. The summed E-state index contributed by atoms with van der Waals surface area (Å²) in [5.74, 6) is -0.761. The van der Waals surface area contributed by atoms with Crippen molar-refractivity contribution in [2.75, 3.05) is 26.2 Å². The maximum atomic E-state index is 10.8. The molecule has 1 aromatic rings. The van der Waals surface area contributed by atoms with Crippen LogP contribution < -0.4 is 5.32 Å². The molecule has 1 saturated heterocycles. The molecule has 16 heavy (non-hydrogen) atoms. The first-order chi connectivity index (χ1) is 7.77. The largest absolute Gasteiger partial charge is 0.480 e. The molecule has 0 saturated carbocycles. The third-order valence-electron chi connectivity index (χ3n) is 2.88. The third kappa shape index (κ3) is 2.59. The van der Waals surface area contributed by atoms with Crippen molar-refractivity contribution in [2.24, 2.45) is 0 Å². The van der Waals surface area contributed by atoms with Gasteiger partial charge in [-0.3, -0.25) is 9.69 Å². The van der Waals surface area contributed by atoms with Gasteiger partial charge in [0.15, 0.2) is 0 Å². The summed E-state index contributed by atoms with van der Waals surface area (Å²) in [6, 6.07) is 10.2. The second-order valence-corrected chi connectivity index (χ2v) is 3.99. The van der Waals surface area contributed by atoms with Crippen molar-refractivity contribution in [3.05, 3.63) is 35.9 Å². The van der Waals surface area contributed by atoms with Crippen LogP contribution in [-0.2, 0) is 4.79 Å². The van der Waals surface area contributed by atoms with Gasteiger partial charge in [-0.05, 0) is 5.56 Å². The molecule has 86 valence electrons. The second-order valence-electron chi connectivity index (χ2n) is 3.99. The number of benzene rings is 1. The van der Waals surface area contributed by atoms with Crippen molar-refractivity contribution >= 4 is 5.97 Å². The van der Waals surface area contributed by atoms with Gasteiger partial charge in [-0.1, -0.05) is 30.3 Å². The van der Waals surface area contributed by atoms with E-state index in [1.54, 1.807) is 0 Å². The van der Waals surface area contributed by atoms with Crippen LogP contribution >= 0.6 is 0 Å². The summed E-state index contributed by atoms with van der Waals surface area (Å²) in [4.78, 5) is 12.8. The fourth-order valence-corrected chi connectivity index (χ4v) is 2.11. The van der Waals surface area contributed by atoms with Gasteiger partial charge in [-0.2, -0.15) is 0 Å². The van der Waals surface area contributed by atoms with Crippen molar-refractivity contribution in [1.82, 2.24) is 10.2 Å². The normalized spacial score (nSPS) is 21.9. The van der Waals surface area contributed by atoms with Gasteiger partial charge in [0, 0.05) is 25.7 Å². The number of carboxylic acids is 1. The molecule has 0 aliphatic carbocycles. The van der Waals surface area contributed by atoms with Gasteiger partial charge in [-0.25, -0.2) is 0 Å². The summed E-state index contributed by atoms with van der Waals surface area (Å²) in [6.45, 7) is 2.57. The quantitative estimate of drug-likeness (QED) is 0.788. The minimum atomic E-state index is -0.761. The van der Waals surface area contributed by atoms with E-state index in [1.807, 2.05) is 35.2 Å². The minimum Gasteiger partial charge on any atom is -0.480 e. The Hall–Kier alpha value is -1.39. The molecule has 1 aromatic carbocycles. The van der Waals surface area contributed by atoms with E-state index in [0.717, 1.165) is 19.6 Å². The molecule has 0 unspecified atom stereocenters. The molecule has 1 heterocycles. The molecular weight excluding hydrogens is 204 g/mol. The molecule has 0 aromatic heterocycles. The Bertz CT molecular complexity index is 353. The zero-order chi connectivity index (χ0) is 11.4. The average molecular weight is 220 g/mol. The van der Waals surface area contributed by atoms with Gasteiger partial charge in [0.05, 0.1) is 6.54 Å². The summed E-state index contributed by atoms with van der Waals surface area (Å²) in [7, 11) is 0. The Morgan fingerprint density at radius 2 is 2.19 bits per heavy atom. The molecule has 0 spiro atoms. The topological polar surface area (TPSA) is 52.6 Å². The van der Waals surface area contributed by atoms with Crippen LogP contribution in [0.3, 0.4) is 0 Å². The van der Waals surface area contributed by atoms with E-state index in [1.165, 1.54) is 5.56 Å². The van der Waals surface area contributed by atoms with Crippen LogP contribution in [0.5, 0.6) is 0 Å². The van der Waals surface area contributed by atoms with E-state index in [4.69, 9.17) is 5.11 Å². The van der Waals surface area contributed by atoms with Crippen molar-refractivity contribution in [1.29, 1.82) is 0 Å². The lowest BCUT2D eigenvalue weighted by Gasteiger charge is -2.35. The van der Waals surface area contributed by atoms with E-state index < -0.39 is 5.97 Å². The number of nitrogens with one attached hydrogen (secondary N) is 1. The van der Waals surface area contributed by atoms with Crippen LogP contribution in [-0.4, -0.2) is 42.2 Å². The molecule has 1 aliphatic heterocycles. The maximum absolute atomic E-state index is 10.8. The first kappa shape index (κ1) is 11.1. The monoisotopic (exact) mass is 220 g/mol. The standard InChI is InChI=1S/C12H16N2O2/c15-12(16)9-14-7-6-13-8-11(14)10-4-2-1-3-5-10/h1-5,11,13H,6-9H2,(H,15,16)/t11-/m1/s1. The highest BCUT2D eigenvalue weighted by Crippen LogP contribution is 2.21. The molecule has 1 aliphatic rings. The number of carboxylic acid groups (broad SMARTS) is 1. The SMILES string of the molecule is O=C(O)CN1CCNC[C@@H]1c1ccccc1. The van der Waals surface area contributed by atoms with Crippen molar-refractivity contribution in [2.45, 2.75) is 6.04 Å². The fraction of sp³-hybridized carbons (Fsp3) is 0.417. The molecule has 4 nitrogen and oxygen atoms in total. The Kier molecular flexibility index (Phi) is 3.54. The highest BCUT2D eigenvalue weighted by Gasteiger charge is 2.24. The molecular formula is C12H16N2O2. The zero-order valence-electron chi connectivity index (χ0n) is 9.10. The van der Waals surface area contributed by atoms with E-state index in [0.29, 0.717) is 0 Å². The van der Waals surface area contributed by atoms with Gasteiger partial charge < -0.3 is 10.4 Å². The zero-order valence-corrected chi connectivity index (χ0v) is 9.10. The predicted molar refractivity (Wildman–Crippen MR) is 61.3 cm³/mol. The van der Waals surface area contributed by atoms with Crippen LogP contribution in [0, 0.1) is 0 Å². The minimum absolute atomic E-state index is 0.112. The number of piperazine rings is 1. The molecule has 4 heteroatoms. The summed E-state index contributed by atoms with van der Waals surface area (Å²) < 4.78 is 0. The van der Waals surface area contributed by atoms with E-state index in [2.05, 4.69) is 5.32 Å². The number of nitrogens with zero attached hydrogens (tertiary/aromatic N) is 1. The van der Waals surface area contributed by atoms with E-state index in [-0.39, 0.29) is 12.6 Å². The smallest absolute Gasteiger partial charge is 0.317 e. The molecule has 0 amide bonds. The molecule has 2 rings (SSSR count). The van der Waals surface area contributed by atoms with Gasteiger partial charge in [0.2, 0.25) is 0 Å². The number of hydrogen-bond acceptors (Lipinski definition) is 3. The first-order valence-electron chi connectivity index (χ1n) is 5.49. The number of aliphatic carboxylic acids is 1. The lowest BCUT2D eigenvalue weighted by Crippen LogP contribution is -2.47. The highest BCUT2D eigenvalue weighted by molar-refractivity contribution is 5.69.